The van der Waals surface area contributed by atoms with Crippen molar-refractivity contribution in [1.82, 2.24) is 0 Å². The summed E-state index contributed by atoms with van der Waals surface area (Å²) in [6, 6.07) is 14.7. The summed E-state index contributed by atoms with van der Waals surface area (Å²) >= 11 is 1.44. The Morgan fingerprint density at radius 1 is 1.16 bits per heavy atom. The van der Waals surface area contributed by atoms with Crippen molar-refractivity contribution in [3.05, 3.63) is 80.5 Å². The molecule has 5 rings (SSSR count). The van der Waals surface area contributed by atoms with Crippen LogP contribution in [0.15, 0.2) is 57.7 Å². The number of esters is 1. The Kier molecular flexibility index (Phi) is 7.33. The number of anilines is 1. The Morgan fingerprint density at radius 3 is 2.71 bits per heavy atom. The molecular formula is C30H29NO6S. The number of rotatable bonds is 7. The summed E-state index contributed by atoms with van der Waals surface area (Å²) in [5.74, 6) is 0.166. The van der Waals surface area contributed by atoms with Crippen LogP contribution in [0.3, 0.4) is 0 Å². The smallest absolute Gasteiger partial charge is 0.341 e. The van der Waals surface area contributed by atoms with E-state index in [0.29, 0.717) is 33.4 Å². The Labute approximate surface area is 224 Å². The predicted molar refractivity (Wildman–Crippen MR) is 148 cm³/mol. The summed E-state index contributed by atoms with van der Waals surface area (Å²) in [5.41, 5.74) is 3.70. The fourth-order valence-electron chi connectivity index (χ4n) is 4.92. The summed E-state index contributed by atoms with van der Waals surface area (Å²) in [7, 11) is 0. The van der Waals surface area contributed by atoms with Crippen LogP contribution < -0.4 is 15.7 Å². The average Bonchev–Trinajstić information content (AvgIpc) is 3.25. The van der Waals surface area contributed by atoms with Crippen LogP contribution in [0.1, 0.15) is 46.6 Å². The van der Waals surface area contributed by atoms with Crippen LogP contribution in [0.4, 0.5) is 5.00 Å². The molecule has 1 aliphatic rings. The van der Waals surface area contributed by atoms with Crippen molar-refractivity contribution in [2.24, 2.45) is 5.92 Å². The van der Waals surface area contributed by atoms with Crippen molar-refractivity contribution in [3.8, 4) is 16.9 Å². The van der Waals surface area contributed by atoms with Crippen molar-refractivity contribution in [1.29, 1.82) is 0 Å². The number of ether oxygens (including phenoxy) is 2. The average molecular weight is 532 g/mol. The molecule has 196 valence electrons. The van der Waals surface area contributed by atoms with Crippen LogP contribution in [0, 0.1) is 12.8 Å². The van der Waals surface area contributed by atoms with Crippen molar-refractivity contribution in [2.75, 3.05) is 18.5 Å². The van der Waals surface area contributed by atoms with Gasteiger partial charge in [-0.2, -0.15) is 0 Å². The van der Waals surface area contributed by atoms with Gasteiger partial charge in [-0.3, -0.25) is 4.79 Å². The highest BCUT2D eigenvalue weighted by molar-refractivity contribution is 7.17. The molecular weight excluding hydrogens is 502 g/mol. The normalized spacial score (nSPS) is 14.7. The van der Waals surface area contributed by atoms with Gasteiger partial charge in [0.15, 0.2) is 6.61 Å². The van der Waals surface area contributed by atoms with E-state index in [-0.39, 0.29) is 19.1 Å². The molecule has 1 aliphatic carbocycles. The van der Waals surface area contributed by atoms with Crippen LogP contribution in [0.2, 0.25) is 0 Å². The van der Waals surface area contributed by atoms with Gasteiger partial charge in [-0.15, -0.1) is 11.3 Å². The third-order valence-corrected chi connectivity index (χ3v) is 7.97. The molecule has 0 saturated heterocycles. The molecule has 7 nitrogen and oxygen atoms in total. The maximum atomic E-state index is 12.9. The zero-order chi connectivity index (χ0) is 26.8. The van der Waals surface area contributed by atoms with Gasteiger partial charge in [-0.1, -0.05) is 37.3 Å². The monoisotopic (exact) mass is 531 g/mol. The molecule has 2 aromatic heterocycles. The number of benzene rings is 2. The maximum Gasteiger partial charge on any atom is 0.341 e. The van der Waals surface area contributed by atoms with Crippen LogP contribution in [0.25, 0.3) is 22.1 Å². The molecule has 4 aromatic rings. The van der Waals surface area contributed by atoms with E-state index >= 15 is 0 Å². The summed E-state index contributed by atoms with van der Waals surface area (Å²) in [4.78, 5) is 39.1. The van der Waals surface area contributed by atoms with Gasteiger partial charge < -0.3 is 19.2 Å². The van der Waals surface area contributed by atoms with Gasteiger partial charge in [0.2, 0.25) is 0 Å². The lowest BCUT2D eigenvalue weighted by Crippen LogP contribution is -2.21. The van der Waals surface area contributed by atoms with Crippen molar-refractivity contribution in [2.45, 2.75) is 40.0 Å². The molecule has 1 amide bonds. The summed E-state index contributed by atoms with van der Waals surface area (Å²) < 4.78 is 16.7. The number of aryl methyl sites for hydroxylation is 1. The number of amides is 1. The lowest BCUT2D eigenvalue weighted by atomic mass is 9.88. The SMILES string of the molecule is CCOC(=O)c1c(NC(=O)COc2ccc3c(-c4ccccc4)cc(=O)oc3c2C)sc2c1CCC(C)C2. The minimum Gasteiger partial charge on any atom is -0.483 e. The zero-order valence-electron chi connectivity index (χ0n) is 21.6. The third-order valence-electron chi connectivity index (χ3n) is 6.80. The molecule has 2 heterocycles. The highest BCUT2D eigenvalue weighted by Gasteiger charge is 2.29. The largest absolute Gasteiger partial charge is 0.483 e. The number of carbonyl (C=O) groups excluding carboxylic acids is 2. The van der Waals surface area contributed by atoms with E-state index in [1.165, 1.54) is 17.4 Å². The molecule has 0 aliphatic heterocycles. The van der Waals surface area contributed by atoms with Crippen LogP contribution in [-0.4, -0.2) is 25.1 Å². The Balaban J connectivity index is 1.37. The molecule has 1 unspecified atom stereocenters. The number of carbonyl (C=O) groups is 2. The molecule has 8 heteroatoms. The van der Waals surface area contributed by atoms with E-state index < -0.39 is 11.6 Å². The molecule has 1 N–H and O–H groups in total. The van der Waals surface area contributed by atoms with Crippen LogP contribution >= 0.6 is 11.3 Å². The maximum absolute atomic E-state index is 12.9. The number of thiophene rings is 1. The van der Waals surface area contributed by atoms with Gasteiger partial charge in [-0.05, 0) is 67.9 Å². The molecule has 38 heavy (non-hydrogen) atoms. The Bertz CT molecular complexity index is 1570. The van der Waals surface area contributed by atoms with E-state index in [4.69, 9.17) is 13.9 Å². The van der Waals surface area contributed by atoms with Gasteiger partial charge in [0.05, 0.1) is 12.2 Å². The zero-order valence-corrected chi connectivity index (χ0v) is 22.4. The minimum absolute atomic E-state index is 0.264. The highest BCUT2D eigenvalue weighted by atomic mass is 32.1. The summed E-state index contributed by atoms with van der Waals surface area (Å²) in [5, 5.41) is 4.15. The number of nitrogens with one attached hydrogen (secondary N) is 1. The van der Waals surface area contributed by atoms with E-state index in [1.807, 2.05) is 36.4 Å². The van der Waals surface area contributed by atoms with Gasteiger partial charge in [0.25, 0.3) is 5.91 Å². The highest BCUT2D eigenvalue weighted by Crippen LogP contribution is 2.40. The first-order chi connectivity index (χ1) is 18.4. The standard InChI is InChI=1S/C30H29NO6S/c1-4-35-30(34)27-21-11-10-17(2)14-24(21)38-29(27)31-25(32)16-36-23-13-12-20-22(19-8-6-5-7-9-19)15-26(33)37-28(20)18(23)3/h5-9,12-13,15,17H,4,10-11,14,16H2,1-3H3,(H,31,32). The van der Waals surface area contributed by atoms with Crippen molar-refractivity contribution in [3.63, 3.8) is 0 Å². The second kappa shape index (κ2) is 10.8. The summed E-state index contributed by atoms with van der Waals surface area (Å²) in [6.45, 7) is 5.74. The first-order valence-corrected chi connectivity index (χ1v) is 13.5. The number of fused-ring (bicyclic) bond motifs is 2. The quantitative estimate of drug-likeness (QED) is 0.227. The van der Waals surface area contributed by atoms with Crippen LogP contribution in [-0.2, 0) is 22.4 Å². The number of hydrogen-bond acceptors (Lipinski definition) is 7. The van der Waals surface area contributed by atoms with Crippen LogP contribution in [0.5, 0.6) is 5.75 Å². The first kappa shape index (κ1) is 25.7. The second-order valence-electron chi connectivity index (χ2n) is 9.52. The molecule has 0 bridgehead atoms. The van der Waals surface area contributed by atoms with E-state index in [2.05, 4.69) is 12.2 Å². The van der Waals surface area contributed by atoms with Crippen molar-refractivity contribution < 1.29 is 23.5 Å². The Morgan fingerprint density at radius 2 is 1.95 bits per heavy atom. The molecule has 0 saturated carbocycles. The molecule has 1 atom stereocenters. The van der Waals surface area contributed by atoms with Crippen molar-refractivity contribution >= 4 is 39.2 Å². The fourth-order valence-corrected chi connectivity index (χ4v) is 6.33. The predicted octanol–water partition coefficient (Wildman–Crippen LogP) is 6.15. The van der Waals surface area contributed by atoms with E-state index in [9.17, 15) is 14.4 Å². The topological polar surface area (TPSA) is 94.8 Å². The minimum atomic E-state index is -0.461. The van der Waals surface area contributed by atoms with Gasteiger partial charge >= 0.3 is 11.6 Å². The Hall–Kier alpha value is -3.91. The summed E-state index contributed by atoms with van der Waals surface area (Å²) in [6.07, 6.45) is 2.67. The fraction of sp³-hybridized carbons (Fsp3) is 0.300. The lowest BCUT2D eigenvalue weighted by molar-refractivity contribution is -0.118. The molecule has 2 aromatic carbocycles. The molecule has 0 radical (unpaired) electrons. The third kappa shape index (κ3) is 5.09. The lowest BCUT2D eigenvalue weighted by Gasteiger charge is -2.18. The van der Waals surface area contributed by atoms with Gasteiger partial charge in [-0.25, -0.2) is 9.59 Å². The van der Waals surface area contributed by atoms with Gasteiger partial charge in [0, 0.05) is 21.9 Å². The molecule has 0 spiro atoms. The second-order valence-corrected chi connectivity index (χ2v) is 10.6. The van der Waals surface area contributed by atoms with E-state index in [1.54, 1.807) is 19.9 Å². The van der Waals surface area contributed by atoms with E-state index in [0.717, 1.165) is 46.2 Å². The first-order valence-electron chi connectivity index (χ1n) is 12.7. The molecule has 0 fully saturated rings. The number of hydrogen-bond donors (Lipinski definition) is 1. The van der Waals surface area contributed by atoms with Gasteiger partial charge in [0.1, 0.15) is 16.3 Å².